The molecule has 1 aliphatic heterocycles. The Labute approximate surface area is 203 Å². The molecule has 0 amide bonds. The molecule has 2 heterocycles. The second-order valence-corrected chi connectivity index (χ2v) is 8.66. The Morgan fingerprint density at radius 1 is 1.06 bits per heavy atom. The minimum atomic E-state index is -0.128. The molecule has 5 nitrogen and oxygen atoms in total. The number of aryl methyl sites for hydroxylation is 2. The van der Waals surface area contributed by atoms with E-state index >= 15 is 0 Å². The van der Waals surface area contributed by atoms with Crippen LogP contribution in [0.4, 0.5) is 0 Å². The summed E-state index contributed by atoms with van der Waals surface area (Å²) in [5.74, 6) is 2.09. The van der Waals surface area contributed by atoms with Gasteiger partial charge in [0.25, 0.3) is 0 Å². The molecule has 3 aromatic carbocycles. The number of carbonyl (C=O) groups excluding carboxylic acids is 1. The van der Waals surface area contributed by atoms with Gasteiger partial charge in [0.2, 0.25) is 5.78 Å². The number of Topliss-reactive ketones (excluding diaryl/α,β-unsaturated/α-hetero) is 1. The van der Waals surface area contributed by atoms with Gasteiger partial charge in [-0.05, 0) is 67.4 Å². The van der Waals surface area contributed by atoms with Crippen molar-refractivity contribution in [3.05, 3.63) is 93.8 Å². The van der Waals surface area contributed by atoms with Crippen molar-refractivity contribution < 1.29 is 19.0 Å². The van der Waals surface area contributed by atoms with Crippen molar-refractivity contribution in [1.82, 2.24) is 4.57 Å². The first kappa shape index (κ1) is 22.1. The molecule has 0 aliphatic carbocycles. The Bertz CT molecular complexity index is 1430. The smallest absolute Gasteiger partial charge is 0.232 e. The number of halogens is 1. The van der Waals surface area contributed by atoms with Crippen LogP contribution in [0.2, 0.25) is 5.02 Å². The van der Waals surface area contributed by atoms with Gasteiger partial charge in [0, 0.05) is 40.3 Å². The van der Waals surface area contributed by atoms with Gasteiger partial charge in [0.05, 0.1) is 12.7 Å². The zero-order valence-corrected chi connectivity index (χ0v) is 20.0. The number of hydrogen-bond donors (Lipinski definition) is 0. The van der Waals surface area contributed by atoms with Crippen LogP contribution in [0.3, 0.4) is 0 Å². The number of nitrogens with zero attached hydrogens (tertiary/aromatic N) is 1. The number of hydrogen-bond acceptors (Lipinski definition) is 4. The summed E-state index contributed by atoms with van der Waals surface area (Å²) < 4.78 is 19.5. The summed E-state index contributed by atoms with van der Waals surface area (Å²) in [7, 11) is 1.64. The first-order valence-corrected chi connectivity index (χ1v) is 11.5. The molecule has 6 heteroatoms. The van der Waals surface area contributed by atoms with Gasteiger partial charge in [-0.15, -0.1) is 0 Å². The molecule has 0 bridgehead atoms. The highest BCUT2D eigenvalue weighted by molar-refractivity contribution is 6.30. The van der Waals surface area contributed by atoms with Crippen LogP contribution in [0.25, 0.3) is 17.0 Å². The number of allylic oxidation sites excluding steroid dienone is 1. The van der Waals surface area contributed by atoms with E-state index in [1.807, 2.05) is 67.7 Å². The zero-order chi connectivity index (χ0) is 23.8. The van der Waals surface area contributed by atoms with Gasteiger partial charge in [0.1, 0.15) is 23.9 Å². The van der Waals surface area contributed by atoms with Crippen LogP contribution < -0.4 is 14.2 Å². The summed E-state index contributed by atoms with van der Waals surface area (Å²) in [6, 6.07) is 17.1. The molecular weight excluding hydrogens is 450 g/mol. The standard InChI is InChI=1S/C28H24ClNO4/c1-4-30-15-19(23-13-21(32-3)9-10-24(23)30)12-26-28(31)27-17(2)11-22(14-25(27)34-26)33-16-18-5-7-20(29)8-6-18/h5-15H,4,16H2,1-3H3/b26-12-. The number of rotatable bonds is 6. The first-order chi connectivity index (χ1) is 16.5. The summed E-state index contributed by atoms with van der Waals surface area (Å²) in [6.45, 7) is 5.19. The number of ether oxygens (including phenoxy) is 3. The lowest BCUT2D eigenvalue weighted by Gasteiger charge is -2.09. The van der Waals surface area contributed by atoms with E-state index < -0.39 is 0 Å². The van der Waals surface area contributed by atoms with Gasteiger partial charge in [-0.25, -0.2) is 0 Å². The lowest BCUT2D eigenvalue weighted by Crippen LogP contribution is -2.00. The SMILES string of the molecule is CCn1cc(/C=C2\Oc3cc(OCc4ccc(Cl)cc4)cc(C)c3C2=O)c2cc(OC)ccc21. The quantitative estimate of drug-likeness (QED) is 0.288. The van der Waals surface area contributed by atoms with Crippen LogP contribution in [0.1, 0.15) is 34.0 Å². The maximum atomic E-state index is 13.2. The number of benzene rings is 3. The number of methoxy groups -OCH3 is 1. The third-order valence-electron chi connectivity index (χ3n) is 6.01. The molecule has 0 spiro atoms. The van der Waals surface area contributed by atoms with Crippen LogP contribution in [0, 0.1) is 6.92 Å². The van der Waals surface area contributed by atoms with Crippen LogP contribution in [-0.2, 0) is 13.2 Å². The molecule has 0 atom stereocenters. The fourth-order valence-corrected chi connectivity index (χ4v) is 4.38. The molecule has 0 saturated heterocycles. The van der Waals surface area contributed by atoms with Crippen LogP contribution >= 0.6 is 11.6 Å². The average Bonchev–Trinajstić information content (AvgIpc) is 3.35. The second-order valence-electron chi connectivity index (χ2n) is 8.22. The topological polar surface area (TPSA) is 49.7 Å². The summed E-state index contributed by atoms with van der Waals surface area (Å²) in [6.07, 6.45) is 3.84. The van der Waals surface area contributed by atoms with E-state index in [0.717, 1.165) is 39.9 Å². The average molecular weight is 474 g/mol. The first-order valence-electron chi connectivity index (χ1n) is 11.1. The van der Waals surface area contributed by atoms with Crippen molar-refractivity contribution in [2.45, 2.75) is 27.0 Å². The molecule has 172 valence electrons. The Morgan fingerprint density at radius 3 is 2.59 bits per heavy atom. The molecule has 1 aromatic heterocycles. The fraction of sp³-hybridized carbons (Fsp3) is 0.179. The molecule has 0 unspecified atom stereocenters. The van der Waals surface area contributed by atoms with E-state index in [2.05, 4.69) is 11.5 Å². The molecule has 0 fully saturated rings. The maximum absolute atomic E-state index is 13.2. The van der Waals surface area contributed by atoms with Gasteiger partial charge in [-0.3, -0.25) is 4.79 Å². The molecule has 5 rings (SSSR count). The number of carbonyl (C=O) groups is 1. The van der Waals surface area contributed by atoms with Crippen molar-refractivity contribution >= 4 is 34.4 Å². The third-order valence-corrected chi connectivity index (χ3v) is 6.26. The van der Waals surface area contributed by atoms with Gasteiger partial charge < -0.3 is 18.8 Å². The van der Waals surface area contributed by atoms with Crippen molar-refractivity contribution in [3.8, 4) is 17.2 Å². The van der Waals surface area contributed by atoms with Crippen molar-refractivity contribution in [1.29, 1.82) is 0 Å². The monoisotopic (exact) mass is 473 g/mol. The lowest BCUT2D eigenvalue weighted by molar-refractivity contribution is 0.101. The summed E-state index contributed by atoms with van der Waals surface area (Å²) in [5, 5.41) is 1.69. The highest BCUT2D eigenvalue weighted by atomic mass is 35.5. The van der Waals surface area contributed by atoms with Crippen LogP contribution in [0.15, 0.2) is 66.6 Å². The normalized spacial score (nSPS) is 13.9. The van der Waals surface area contributed by atoms with Crippen molar-refractivity contribution in [2.24, 2.45) is 0 Å². The highest BCUT2D eigenvalue weighted by Crippen LogP contribution is 2.38. The number of fused-ring (bicyclic) bond motifs is 2. The minimum Gasteiger partial charge on any atom is -0.497 e. The Morgan fingerprint density at radius 2 is 1.85 bits per heavy atom. The minimum absolute atomic E-state index is 0.128. The Kier molecular flexibility index (Phi) is 5.80. The molecule has 0 saturated carbocycles. The highest BCUT2D eigenvalue weighted by Gasteiger charge is 2.30. The Hall–Kier alpha value is -3.70. The van der Waals surface area contributed by atoms with E-state index in [1.165, 1.54) is 0 Å². The Balaban J connectivity index is 1.45. The van der Waals surface area contributed by atoms with Gasteiger partial charge in [0.15, 0.2) is 5.76 Å². The summed E-state index contributed by atoms with van der Waals surface area (Å²) in [4.78, 5) is 13.2. The predicted octanol–water partition coefficient (Wildman–Crippen LogP) is 6.83. The molecular formula is C28H24ClNO4. The third kappa shape index (κ3) is 4.03. The van der Waals surface area contributed by atoms with Crippen LogP contribution in [0.5, 0.6) is 17.2 Å². The predicted molar refractivity (Wildman–Crippen MR) is 134 cm³/mol. The fourth-order valence-electron chi connectivity index (χ4n) is 4.26. The van der Waals surface area contributed by atoms with E-state index in [4.69, 9.17) is 25.8 Å². The number of aromatic nitrogens is 1. The largest absolute Gasteiger partial charge is 0.497 e. The van der Waals surface area contributed by atoms with Crippen molar-refractivity contribution in [3.63, 3.8) is 0 Å². The summed E-state index contributed by atoms with van der Waals surface area (Å²) >= 11 is 5.95. The molecule has 1 aliphatic rings. The van der Waals surface area contributed by atoms with Gasteiger partial charge in [-0.2, -0.15) is 0 Å². The van der Waals surface area contributed by atoms with E-state index in [9.17, 15) is 4.79 Å². The molecule has 4 aromatic rings. The van der Waals surface area contributed by atoms with E-state index in [1.54, 1.807) is 13.2 Å². The van der Waals surface area contributed by atoms with Gasteiger partial charge in [-0.1, -0.05) is 23.7 Å². The van der Waals surface area contributed by atoms with Gasteiger partial charge >= 0.3 is 0 Å². The molecule has 34 heavy (non-hydrogen) atoms. The van der Waals surface area contributed by atoms with Crippen LogP contribution in [-0.4, -0.2) is 17.5 Å². The molecule has 0 N–H and O–H groups in total. The molecule has 0 radical (unpaired) electrons. The maximum Gasteiger partial charge on any atom is 0.232 e. The lowest BCUT2D eigenvalue weighted by atomic mass is 10.0. The summed E-state index contributed by atoms with van der Waals surface area (Å²) in [5.41, 5.74) is 4.37. The van der Waals surface area contributed by atoms with E-state index in [0.29, 0.717) is 34.5 Å². The number of ketones is 1. The van der Waals surface area contributed by atoms with E-state index in [-0.39, 0.29) is 5.78 Å². The zero-order valence-electron chi connectivity index (χ0n) is 19.2. The second kappa shape index (κ2) is 8.92. The van der Waals surface area contributed by atoms with Crippen molar-refractivity contribution in [2.75, 3.05) is 7.11 Å².